The highest BCUT2D eigenvalue weighted by Crippen LogP contribution is 2.28. The second kappa shape index (κ2) is 6.63. The number of nitrogens with one attached hydrogen (secondary N) is 1. The molecular formula is C15H20N2O3. The lowest BCUT2D eigenvalue weighted by atomic mass is 9.98. The van der Waals surface area contributed by atoms with Gasteiger partial charge >= 0.3 is 0 Å². The second-order valence-electron chi connectivity index (χ2n) is 5.10. The van der Waals surface area contributed by atoms with Gasteiger partial charge < -0.3 is 10.4 Å². The van der Waals surface area contributed by atoms with Gasteiger partial charge in [0.2, 0.25) is 11.8 Å². The average molecular weight is 276 g/mol. The highest BCUT2D eigenvalue weighted by molar-refractivity contribution is 6.06. The second-order valence-corrected chi connectivity index (χ2v) is 5.10. The van der Waals surface area contributed by atoms with Gasteiger partial charge in [0.05, 0.1) is 12.0 Å². The summed E-state index contributed by atoms with van der Waals surface area (Å²) < 4.78 is 0. The van der Waals surface area contributed by atoms with Crippen molar-refractivity contribution < 1.29 is 14.7 Å². The minimum atomic E-state index is -0.433. The van der Waals surface area contributed by atoms with Crippen molar-refractivity contribution in [2.24, 2.45) is 0 Å². The minimum Gasteiger partial charge on any atom is -0.392 e. The van der Waals surface area contributed by atoms with Crippen LogP contribution in [0.5, 0.6) is 0 Å². The van der Waals surface area contributed by atoms with Crippen LogP contribution in [0.15, 0.2) is 30.3 Å². The minimum absolute atomic E-state index is 0.123. The smallest absolute Gasteiger partial charge is 0.237 e. The van der Waals surface area contributed by atoms with E-state index in [1.165, 1.54) is 4.90 Å². The van der Waals surface area contributed by atoms with Crippen molar-refractivity contribution in [1.82, 2.24) is 10.2 Å². The number of nitrogens with zero attached hydrogens (tertiary/aromatic N) is 1. The summed E-state index contributed by atoms with van der Waals surface area (Å²) in [6.07, 6.45) is -0.184. The molecule has 1 aromatic carbocycles. The van der Waals surface area contributed by atoms with Gasteiger partial charge in [0.15, 0.2) is 0 Å². The Kier molecular flexibility index (Phi) is 4.87. The van der Waals surface area contributed by atoms with E-state index in [0.29, 0.717) is 19.6 Å². The van der Waals surface area contributed by atoms with Crippen molar-refractivity contribution in [3.63, 3.8) is 0 Å². The number of carbonyl (C=O) groups excluding carboxylic acids is 2. The lowest BCUT2D eigenvalue weighted by Crippen LogP contribution is -2.38. The molecule has 1 saturated heterocycles. The zero-order valence-electron chi connectivity index (χ0n) is 11.6. The molecule has 1 heterocycles. The number of imide groups is 1. The first-order chi connectivity index (χ1) is 9.59. The molecule has 5 heteroatoms. The number of aliphatic hydroxyl groups excluding tert-OH is 1. The van der Waals surface area contributed by atoms with Crippen LogP contribution in [0.4, 0.5) is 0 Å². The topological polar surface area (TPSA) is 69.6 Å². The van der Waals surface area contributed by atoms with E-state index < -0.39 is 6.10 Å². The number of rotatable bonds is 6. The van der Waals surface area contributed by atoms with Gasteiger partial charge in [0, 0.05) is 26.1 Å². The monoisotopic (exact) mass is 276 g/mol. The Bertz CT molecular complexity index is 473. The molecule has 2 amide bonds. The first kappa shape index (κ1) is 14.7. The largest absolute Gasteiger partial charge is 0.392 e. The molecule has 0 bridgehead atoms. The van der Waals surface area contributed by atoms with E-state index in [4.69, 9.17) is 5.11 Å². The SMILES string of the molecule is CC(O)CNCCN1C(=O)CC(c2ccccc2)C1=O. The Morgan fingerprint density at radius 1 is 1.35 bits per heavy atom. The maximum absolute atomic E-state index is 12.3. The fraction of sp³-hybridized carbons (Fsp3) is 0.467. The summed E-state index contributed by atoms with van der Waals surface area (Å²) in [6, 6.07) is 9.40. The molecule has 108 valence electrons. The van der Waals surface area contributed by atoms with Crippen molar-refractivity contribution >= 4 is 11.8 Å². The van der Waals surface area contributed by atoms with Crippen molar-refractivity contribution in [3.05, 3.63) is 35.9 Å². The molecule has 2 unspecified atom stereocenters. The predicted molar refractivity (Wildman–Crippen MR) is 75.1 cm³/mol. The van der Waals surface area contributed by atoms with Crippen LogP contribution in [0.3, 0.4) is 0 Å². The molecule has 1 fully saturated rings. The Labute approximate surface area is 118 Å². The Balaban J connectivity index is 1.92. The summed E-state index contributed by atoms with van der Waals surface area (Å²) in [4.78, 5) is 25.5. The summed E-state index contributed by atoms with van der Waals surface area (Å²) in [6.45, 7) is 3.00. The van der Waals surface area contributed by atoms with E-state index >= 15 is 0 Å². The number of amides is 2. The normalized spacial score (nSPS) is 20.5. The third-order valence-corrected chi connectivity index (χ3v) is 3.40. The van der Waals surface area contributed by atoms with E-state index in [1.54, 1.807) is 6.92 Å². The highest BCUT2D eigenvalue weighted by atomic mass is 16.3. The number of benzene rings is 1. The number of carbonyl (C=O) groups is 2. The molecule has 1 aliphatic heterocycles. The lowest BCUT2D eigenvalue weighted by Gasteiger charge is -2.16. The van der Waals surface area contributed by atoms with Gasteiger partial charge in [-0.1, -0.05) is 30.3 Å². The zero-order chi connectivity index (χ0) is 14.5. The van der Waals surface area contributed by atoms with Crippen molar-refractivity contribution in [2.45, 2.75) is 25.4 Å². The summed E-state index contributed by atoms with van der Waals surface area (Å²) in [5, 5.41) is 12.1. The van der Waals surface area contributed by atoms with Crippen LogP contribution in [0, 0.1) is 0 Å². The molecule has 2 atom stereocenters. The first-order valence-electron chi connectivity index (χ1n) is 6.87. The quantitative estimate of drug-likeness (QED) is 0.586. The molecule has 5 nitrogen and oxygen atoms in total. The van der Waals surface area contributed by atoms with Gasteiger partial charge in [-0.3, -0.25) is 14.5 Å². The van der Waals surface area contributed by atoms with Crippen LogP contribution in [0.1, 0.15) is 24.8 Å². The van der Waals surface area contributed by atoms with Gasteiger partial charge in [-0.25, -0.2) is 0 Å². The number of hydrogen-bond donors (Lipinski definition) is 2. The lowest BCUT2D eigenvalue weighted by molar-refractivity contribution is -0.138. The molecule has 1 aromatic rings. The molecule has 0 aromatic heterocycles. The first-order valence-corrected chi connectivity index (χ1v) is 6.87. The molecule has 0 saturated carbocycles. The van der Waals surface area contributed by atoms with Crippen LogP contribution >= 0.6 is 0 Å². The fourth-order valence-electron chi connectivity index (χ4n) is 2.37. The van der Waals surface area contributed by atoms with Crippen LogP contribution in [-0.4, -0.2) is 47.6 Å². The van der Waals surface area contributed by atoms with E-state index in [9.17, 15) is 9.59 Å². The molecule has 0 spiro atoms. The summed E-state index contributed by atoms with van der Waals surface area (Å²) in [7, 11) is 0. The van der Waals surface area contributed by atoms with Gasteiger partial charge in [-0.15, -0.1) is 0 Å². The average Bonchev–Trinajstić information content (AvgIpc) is 2.71. The zero-order valence-corrected chi connectivity index (χ0v) is 11.6. The predicted octanol–water partition coefficient (Wildman–Crippen LogP) is 0.499. The van der Waals surface area contributed by atoms with E-state index in [0.717, 1.165) is 5.56 Å². The molecule has 2 rings (SSSR count). The Morgan fingerprint density at radius 2 is 2.05 bits per heavy atom. The summed E-state index contributed by atoms with van der Waals surface area (Å²) in [5.74, 6) is -0.594. The van der Waals surface area contributed by atoms with Gasteiger partial charge in [0.1, 0.15) is 0 Å². The summed E-state index contributed by atoms with van der Waals surface area (Å²) >= 11 is 0. The Hall–Kier alpha value is -1.72. The van der Waals surface area contributed by atoms with Gasteiger partial charge in [-0.05, 0) is 12.5 Å². The van der Waals surface area contributed by atoms with Crippen molar-refractivity contribution in [2.75, 3.05) is 19.6 Å². The third kappa shape index (κ3) is 3.43. The van der Waals surface area contributed by atoms with Crippen LogP contribution in [0.25, 0.3) is 0 Å². The van der Waals surface area contributed by atoms with E-state index in [2.05, 4.69) is 5.32 Å². The molecule has 2 N–H and O–H groups in total. The molecule has 0 aliphatic carbocycles. The van der Waals surface area contributed by atoms with Crippen LogP contribution < -0.4 is 5.32 Å². The van der Waals surface area contributed by atoms with Crippen LogP contribution in [-0.2, 0) is 9.59 Å². The summed E-state index contributed by atoms with van der Waals surface area (Å²) in [5.41, 5.74) is 0.894. The van der Waals surface area contributed by atoms with Crippen molar-refractivity contribution in [3.8, 4) is 0 Å². The van der Waals surface area contributed by atoms with E-state index in [1.807, 2.05) is 30.3 Å². The number of aliphatic hydroxyl groups is 1. The fourth-order valence-corrected chi connectivity index (χ4v) is 2.37. The highest BCUT2D eigenvalue weighted by Gasteiger charge is 2.38. The van der Waals surface area contributed by atoms with E-state index in [-0.39, 0.29) is 24.2 Å². The number of hydrogen-bond acceptors (Lipinski definition) is 4. The number of likely N-dealkylation sites (tertiary alicyclic amines) is 1. The maximum Gasteiger partial charge on any atom is 0.237 e. The molecular weight excluding hydrogens is 256 g/mol. The van der Waals surface area contributed by atoms with Crippen LogP contribution in [0.2, 0.25) is 0 Å². The standard InChI is InChI=1S/C15H20N2O3/c1-11(18)10-16-7-8-17-14(19)9-13(15(17)20)12-5-3-2-4-6-12/h2-6,11,13,16,18H,7-10H2,1H3. The molecule has 20 heavy (non-hydrogen) atoms. The maximum atomic E-state index is 12.3. The third-order valence-electron chi connectivity index (χ3n) is 3.40. The molecule has 1 aliphatic rings. The van der Waals surface area contributed by atoms with Gasteiger partial charge in [0.25, 0.3) is 0 Å². The van der Waals surface area contributed by atoms with Crippen molar-refractivity contribution in [1.29, 1.82) is 0 Å². The van der Waals surface area contributed by atoms with Gasteiger partial charge in [-0.2, -0.15) is 0 Å². The Morgan fingerprint density at radius 3 is 2.70 bits per heavy atom. The molecule has 0 radical (unpaired) electrons.